The second-order valence-electron chi connectivity index (χ2n) is 6.77. The van der Waals surface area contributed by atoms with E-state index in [4.69, 9.17) is 14.2 Å². The van der Waals surface area contributed by atoms with Gasteiger partial charge in [0.05, 0.1) is 21.3 Å². The Morgan fingerprint density at radius 1 is 1.12 bits per heavy atom. The predicted molar refractivity (Wildman–Crippen MR) is 123 cm³/mol. The highest BCUT2D eigenvalue weighted by molar-refractivity contribution is 6.01. The summed E-state index contributed by atoms with van der Waals surface area (Å²) in [6.07, 6.45) is 3.54. The van der Waals surface area contributed by atoms with Crippen molar-refractivity contribution >= 4 is 18.0 Å². The number of ether oxygens (including phenoxy) is 4. The Balaban J connectivity index is 2.26. The summed E-state index contributed by atoms with van der Waals surface area (Å²) in [6.45, 7) is 3.70. The van der Waals surface area contributed by atoms with Gasteiger partial charge in [-0.05, 0) is 47.9 Å². The van der Waals surface area contributed by atoms with Crippen LogP contribution in [0.1, 0.15) is 16.7 Å². The first kappa shape index (κ1) is 25.0. The van der Waals surface area contributed by atoms with Gasteiger partial charge in [0.1, 0.15) is 17.4 Å². The van der Waals surface area contributed by atoms with E-state index in [0.717, 1.165) is 5.56 Å². The minimum atomic E-state index is -0.536. The fourth-order valence-electron chi connectivity index (χ4n) is 2.92. The van der Waals surface area contributed by atoms with E-state index >= 15 is 0 Å². The van der Waals surface area contributed by atoms with Crippen molar-refractivity contribution in [1.29, 1.82) is 5.26 Å². The topological polar surface area (TPSA) is 107 Å². The van der Waals surface area contributed by atoms with E-state index in [9.17, 15) is 14.9 Å². The molecule has 0 aliphatic heterocycles. The molecule has 2 aromatic carbocycles. The van der Waals surface area contributed by atoms with E-state index in [0.29, 0.717) is 34.8 Å². The molecule has 0 saturated carbocycles. The number of esters is 1. The molecule has 33 heavy (non-hydrogen) atoms. The van der Waals surface area contributed by atoms with Crippen LogP contribution in [0.3, 0.4) is 0 Å². The maximum atomic E-state index is 12.6. The molecule has 0 aliphatic rings. The minimum Gasteiger partial charge on any atom is -0.497 e. The first-order valence-corrected chi connectivity index (χ1v) is 10.00. The van der Waals surface area contributed by atoms with Crippen molar-refractivity contribution in [3.63, 3.8) is 0 Å². The van der Waals surface area contributed by atoms with Crippen molar-refractivity contribution in [2.45, 2.75) is 13.0 Å². The zero-order valence-corrected chi connectivity index (χ0v) is 18.8. The molecule has 0 atom stereocenters. The maximum absolute atomic E-state index is 12.6. The van der Waals surface area contributed by atoms with Gasteiger partial charge in [0, 0.05) is 12.1 Å². The van der Waals surface area contributed by atoms with Crippen LogP contribution < -0.4 is 19.5 Å². The smallest absolute Gasteiger partial charge is 0.343 e. The molecule has 172 valence electrons. The minimum absolute atomic E-state index is 0.0710. The van der Waals surface area contributed by atoms with Crippen LogP contribution in [0.15, 0.2) is 54.6 Å². The molecule has 0 radical (unpaired) electrons. The van der Waals surface area contributed by atoms with Gasteiger partial charge in [-0.15, -0.1) is 6.58 Å². The van der Waals surface area contributed by atoms with Crippen LogP contribution >= 0.6 is 0 Å². The standard InChI is InChI=1S/C25H26N2O6/c1-5-6-19-11-18(13-22(31-3)24(19)33-16-23(28)32-4)12-20(14-26)25(29)27-15-17-7-9-21(30-2)10-8-17/h5,7-13H,1,6,15-16H2,2-4H3,(H,27,29)/b20-12-. The van der Waals surface area contributed by atoms with E-state index in [-0.39, 0.29) is 18.7 Å². The second kappa shape index (κ2) is 12.6. The van der Waals surface area contributed by atoms with Crippen molar-refractivity contribution in [2.24, 2.45) is 0 Å². The average molecular weight is 450 g/mol. The summed E-state index contributed by atoms with van der Waals surface area (Å²) in [5.74, 6) is 0.378. The molecule has 8 nitrogen and oxygen atoms in total. The normalized spacial score (nSPS) is 10.5. The number of amides is 1. The number of carbonyl (C=O) groups excluding carboxylic acids is 2. The van der Waals surface area contributed by atoms with Gasteiger partial charge in [-0.1, -0.05) is 18.2 Å². The lowest BCUT2D eigenvalue weighted by molar-refractivity contribution is -0.142. The Kier molecular flexibility index (Phi) is 9.53. The molecule has 2 aromatic rings. The zero-order chi connectivity index (χ0) is 24.2. The van der Waals surface area contributed by atoms with Crippen LogP contribution in [0.4, 0.5) is 0 Å². The van der Waals surface area contributed by atoms with Gasteiger partial charge in [0.2, 0.25) is 0 Å². The van der Waals surface area contributed by atoms with E-state index in [1.165, 1.54) is 20.3 Å². The van der Waals surface area contributed by atoms with Gasteiger partial charge in [-0.2, -0.15) is 5.26 Å². The number of nitriles is 1. The molecule has 8 heteroatoms. The number of nitrogens with one attached hydrogen (secondary N) is 1. The summed E-state index contributed by atoms with van der Waals surface area (Å²) in [4.78, 5) is 24.0. The summed E-state index contributed by atoms with van der Waals surface area (Å²) in [5, 5.41) is 12.3. The lowest BCUT2D eigenvalue weighted by Gasteiger charge is -2.15. The Morgan fingerprint density at radius 2 is 1.85 bits per heavy atom. The lowest BCUT2D eigenvalue weighted by Crippen LogP contribution is -2.23. The number of methoxy groups -OCH3 is 3. The molecule has 0 heterocycles. The Hall–Kier alpha value is -4.25. The Bertz CT molecular complexity index is 1070. The van der Waals surface area contributed by atoms with Gasteiger partial charge in [0.25, 0.3) is 5.91 Å². The van der Waals surface area contributed by atoms with Crippen LogP contribution in [0.5, 0.6) is 17.2 Å². The predicted octanol–water partition coefficient (Wildman–Crippen LogP) is 3.21. The van der Waals surface area contributed by atoms with Crippen LogP contribution in [0.25, 0.3) is 6.08 Å². The van der Waals surface area contributed by atoms with Gasteiger partial charge >= 0.3 is 5.97 Å². The molecule has 0 spiro atoms. The summed E-state index contributed by atoms with van der Waals surface area (Å²) in [5.41, 5.74) is 2.03. The first-order valence-electron chi connectivity index (χ1n) is 10.00. The number of benzene rings is 2. The molecule has 0 saturated heterocycles. The van der Waals surface area contributed by atoms with E-state index in [1.807, 2.05) is 18.2 Å². The van der Waals surface area contributed by atoms with Crippen molar-refractivity contribution in [2.75, 3.05) is 27.9 Å². The van der Waals surface area contributed by atoms with Gasteiger partial charge in [-0.25, -0.2) is 4.79 Å². The molecule has 0 fully saturated rings. The molecular weight excluding hydrogens is 424 g/mol. The highest BCUT2D eigenvalue weighted by Gasteiger charge is 2.16. The third-order valence-corrected chi connectivity index (χ3v) is 4.59. The molecule has 2 rings (SSSR count). The van der Waals surface area contributed by atoms with E-state index in [1.54, 1.807) is 37.5 Å². The number of nitrogens with zero attached hydrogens (tertiary/aromatic N) is 1. The summed E-state index contributed by atoms with van der Waals surface area (Å²) in [6, 6.07) is 12.5. The highest BCUT2D eigenvalue weighted by Crippen LogP contribution is 2.34. The maximum Gasteiger partial charge on any atom is 0.343 e. The van der Waals surface area contributed by atoms with Crippen LogP contribution in [-0.4, -0.2) is 39.8 Å². The summed E-state index contributed by atoms with van der Waals surface area (Å²) < 4.78 is 20.7. The number of carbonyl (C=O) groups is 2. The number of allylic oxidation sites excluding steroid dienone is 1. The summed E-state index contributed by atoms with van der Waals surface area (Å²) in [7, 11) is 4.30. The monoisotopic (exact) mass is 450 g/mol. The van der Waals surface area contributed by atoms with Crippen molar-refractivity contribution in [1.82, 2.24) is 5.32 Å². The molecular formula is C25H26N2O6. The highest BCUT2D eigenvalue weighted by atomic mass is 16.6. The molecule has 1 N–H and O–H groups in total. The first-order chi connectivity index (χ1) is 15.9. The third-order valence-electron chi connectivity index (χ3n) is 4.59. The SMILES string of the molecule is C=CCc1cc(/C=C(/C#N)C(=O)NCc2ccc(OC)cc2)cc(OC)c1OCC(=O)OC. The van der Waals surface area contributed by atoms with Gasteiger partial charge in [-0.3, -0.25) is 4.79 Å². The van der Waals surface area contributed by atoms with Gasteiger partial charge < -0.3 is 24.3 Å². The summed E-state index contributed by atoms with van der Waals surface area (Å²) >= 11 is 0. The number of rotatable bonds is 11. The second-order valence-corrected chi connectivity index (χ2v) is 6.77. The zero-order valence-electron chi connectivity index (χ0n) is 18.8. The molecule has 0 bridgehead atoms. The van der Waals surface area contributed by atoms with Gasteiger partial charge in [0.15, 0.2) is 18.1 Å². The van der Waals surface area contributed by atoms with Crippen molar-refractivity contribution in [3.8, 4) is 23.3 Å². The molecule has 1 amide bonds. The fourth-order valence-corrected chi connectivity index (χ4v) is 2.92. The quantitative estimate of drug-likeness (QED) is 0.242. The van der Waals surface area contributed by atoms with Crippen LogP contribution in [0.2, 0.25) is 0 Å². The Labute approximate surface area is 193 Å². The fraction of sp³-hybridized carbons (Fsp3) is 0.240. The lowest BCUT2D eigenvalue weighted by atomic mass is 10.0. The van der Waals surface area contributed by atoms with Crippen LogP contribution in [0, 0.1) is 11.3 Å². The van der Waals surface area contributed by atoms with E-state index < -0.39 is 11.9 Å². The van der Waals surface area contributed by atoms with Crippen LogP contribution in [-0.2, 0) is 27.3 Å². The third kappa shape index (κ3) is 7.14. The number of hydrogen-bond acceptors (Lipinski definition) is 7. The average Bonchev–Trinajstić information content (AvgIpc) is 2.84. The molecule has 0 aliphatic carbocycles. The Morgan fingerprint density at radius 3 is 2.42 bits per heavy atom. The van der Waals surface area contributed by atoms with Crippen molar-refractivity contribution in [3.05, 3.63) is 71.3 Å². The molecule has 0 aromatic heterocycles. The number of hydrogen-bond donors (Lipinski definition) is 1. The molecule has 0 unspecified atom stereocenters. The van der Waals surface area contributed by atoms with E-state index in [2.05, 4.69) is 16.6 Å². The van der Waals surface area contributed by atoms with Crippen molar-refractivity contribution < 1.29 is 28.5 Å². The largest absolute Gasteiger partial charge is 0.497 e.